The van der Waals surface area contributed by atoms with Crippen molar-refractivity contribution in [2.24, 2.45) is 0 Å². The van der Waals surface area contributed by atoms with Gasteiger partial charge in [-0.25, -0.2) is 0 Å². The van der Waals surface area contributed by atoms with Gasteiger partial charge in [-0.2, -0.15) is 0 Å². The molecule has 0 aliphatic heterocycles. The Morgan fingerprint density at radius 3 is 2.13 bits per heavy atom. The third-order valence-corrected chi connectivity index (χ3v) is 3.30. The Hall–Kier alpha value is -0.0800. The van der Waals surface area contributed by atoms with Crippen LogP contribution in [0.15, 0.2) is 0 Å². The van der Waals surface area contributed by atoms with E-state index in [0.717, 1.165) is 12.6 Å². The van der Waals surface area contributed by atoms with Crippen molar-refractivity contribution in [1.82, 2.24) is 9.80 Å². The molecule has 0 aliphatic rings. The summed E-state index contributed by atoms with van der Waals surface area (Å²) in [7, 11) is 2.20. The normalized spacial score (nSPS) is 13.8. The minimum atomic E-state index is 0.732. The average molecular weight is 214 g/mol. The molecule has 0 saturated carbocycles. The molecular weight excluding hydrogens is 184 g/mol. The molecular formula is C13H30N2. The van der Waals surface area contributed by atoms with Gasteiger partial charge >= 0.3 is 0 Å². The fourth-order valence-electron chi connectivity index (χ4n) is 1.80. The maximum atomic E-state index is 2.60. The molecule has 0 heterocycles. The topological polar surface area (TPSA) is 6.48 Å². The zero-order valence-corrected chi connectivity index (χ0v) is 11.4. The lowest BCUT2D eigenvalue weighted by Crippen LogP contribution is -2.36. The summed E-state index contributed by atoms with van der Waals surface area (Å²) in [5.41, 5.74) is 0. The van der Waals surface area contributed by atoms with Crippen LogP contribution in [-0.2, 0) is 0 Å². The highest BCUT2D eigenvalue weighted by Gasteiger charge is 2.11. The quantitative estimate of drug-likeness (QED) is 0.582. The van der Waals surface area contributed by atoms with Crippen LogP contribution in [0.5, 0.6) is 0 Å². The molecule has 0 aromatic rings. The summed E-state index contributed by atoms with van der Waals surface area (Å²) in [5.74, 6) is 0. The highest BCUT2D eigenvalue weighted by atomic mass is 15.2. The van der Waals surface area contributed by atoms with Crippen molar-refractivity contribution in [2.75, 3.05) is 33.2 Å². The highest BCUT2D eigenvalue weighted by molar-refractivity contribution is 4.67. The Labute approximate surface area is 96.6 Å². The lowest BCUT2D eigenvalue weighted by Gasteiger charge is -2.29. The summed E-state index contributed by atoms with van der Waals surface area (Å²) in [6, 6.07) is 0.732. The fourth-order valence-corrected chi connectivity index (χ4v) is 1.80. The molecule has 0 spiro atoms. The minimum absolute atomic E-state index is 0.732. The summed E-state index contributed by atoms with van der Waals surface area (Å²) < 4.78 is 0. The van der Waals surface area contributed by atoms with E-state index in [1.807, 2.05) is 0 Å². The van der Waals surface area contributed by atoms with Crippen LogP contribution in [0.3, 0.4) is 0 Å². The number of rotatable bonds is 9. The van der Waals surface area contributed by atoms with Gasteiger partial charge in [-0.15, -0.1) is 0 Å². The maximum absolute atomic E-state index is 2.60. The van der Waals surface area contributed by atoms with Crippen molar-refractivity contribution < 1.29 is 0 Å². The van der Waals surface area contributed by atoms with Crippen LogP contribution in [0.2, 0.25) is 0 Å². The first-order valence-electron chi connectivity index (χ1n) is 6.58. The van der Waals surface area contributed by atoms with Crippen LogP contribution >= 0.6 is 0 Å². The average Bonchev–Trinajstić information content (AvgIpc) is 2.26. The molecule has 0 N–H and O–H groups in total. The predicted molar refractivity (Wildman–Crippen MR) is 69.4 cm³/mol. The molecule has 0 bridgehead atoms. The number of nitrogens with zero attached hydrogens (tertiary/aromatic N) is 2. The molecule has 0 radical (unpaired) electrons. The maximum Gasteiger partial charge on any atom is 0.00789 e. The van der Waals surface area contributed by atoms with E-state index in [4.69, 9.17) is 0 Å². The van der Waals surface area contributed by atoms with Gasteiger partial charge in [-0.05, 0) is 53.0 Å². The van der Waals surface area contributed by atoms with Gasteiger partial charge in [0.15, 0.2) is 0 Å². The molecule has 92 valence electrons. The predicted octanol–water partition coefficient (Wildman–Crippen LogP) is 2.84. The third kappa shape index (κ3) is 6.91. The highest BCUT2D eigenvalue weighted by Crippen LogP contribution is 2.06. The molecule has 0 aromatic carbocycles. The Bertz CT molecular complexity index is 136. The minimum Gasteiger partial charge on any atom is -0.307 e. The van der Waals surface area contributed by atoms with Gasteiger partial charge in [0.25, 0.3) is 0 Å². The van der Waals surface area contributed by atoms with Gasteiger partial charge < -0.3 is 9.80 Å². The molecule has 15 heavy (non-hydrogen) atoms. The third-order valence-electron chi connectivity index (χ3n) is 3.30. The summed E-state index contributed by atoms with van der Waals surface area (Å²) in [6.07, 6.45) is 3.93. The van der Waals surface area contributed by atoms with Crippen LogP contribution in [0.4, 0.5) is 0 Å². The number of hydrogen-bond donors (Lipinski definition) is 0. The SMILES string of the molecule is CCCCN(CC)C(C)CCN(C)CC. The zero-order valence-electron chi connectivity index (χ0n) is 11.4. The van der Waals surface area contributed by atoms with Gasteiger partial charge in [-0.3, -0.25) is 0 Å². The summed E-state index contributed by atoms with van der Waals surface area (Å²) in [5, 5.41) is 0. The van der Waals surface area contributed by atoms with Crippen LogP contribution < -0.4 is 0 Å². The van der Waals surface area contributed by atoms with Crippen LogP contribution in [-0.4, -0.2) is 49.1 Å². The molecule has 0 aliphatic carbocycles. The first-order chi connectivity index (χ1) is 7.15. The molecule has 1 atom stereocenters. The molecule has 0 amide bonds. The second kappa shape index (κ2) is 9.17. The van der Waals surface area contributed by atoms with E-state index in [2.05, 4.69) is 44.5 Å². The van der Waals surface area contributed by atoms with Gasteiger partial charge in [-0.1, -0.05) is 27.2 Å². The lowest BCUT2D eigenvalue weighted by molar-refractivity contribution is 0.189. The standard InChI is InChI=1S/C13H30N2/c1-6-9-11-15(8-3)13(4)10-12-14(5)7-2/h13H,6-12H2,1-5H3. The van der Waals surface area contributed by atoms with Crippen molar-refractivity contribution in [1.29, 1.82) is 0 Å². The zero-order chi connectivity index (χ0) is 11.7. The van der Waals surface area contributed by atoms with Crippen LogP contribution in [0, 0.1) is 0 Å². The van der Waals surface area contributed by atoms with E-state index >= 15 is 0 Å². The van der Waals surface area contributed by atoms with E-state index in [9.17, 15) is 0 Å². The number of hydrogen-bond acceptors (Lipinski definition) is 2. The summed E-state index contributed by atoms with van der Waals surface area (Å²) >= 11 is 0. The Kier molecular flexibility index (Phi) is 9.12. The largest absolute Gasteiger partial charge is 0.307 e. The van der Waals surface area contributed by atoms with Crippen molar-refractivity contribution in [2.45, 2.75) is 53.0 Å². The van der Waals surface area contributed by atoms with E-state index in [0.29, 0.717) is 0 Å². The van der Waals surface area contributed by atoms with Crippen LogP contribution in [0.25, 0.3) is 0 Å². The molecule has 2 nitrogen and oxygen atoms in total. The first-order valence-corrected chi connectivity index (χ1v) is 6.58. The molecule has 1 unspecified atom stereocenters. The van der Waals surface area contributed by atoms with E-state index in [-0.39, 0.29) is 0 Å². The fraction of sp³-hybridized carbons (Fsp3) is 1.00. The Morgan fingerprint density at radius 2 is 1.67 bits per heavy atom. The molecule has 2 heteroatoms. The van der Waals surface area contributed by atoms with E-state index < -0.39 is 0 Å². The second-order valence-corrected chi connectivity index (χ2v) is 4.52. The molecule has 0 fully saturated rings. The molecule has 0 aromatic heterocycles. The van der Waals surface area contributed by atoms with Gasteiger partial charge in [0.2, 0.25) is 0 Å². The van der Waals surface area contributed by atoms with E-state index in [1.54, 1.807) is 0 Å². The Balaban J connectivity index is 3.76. The monoisotopic (exact) mass is 214 g/mol. The van der Waals surface area contributed by atoms with Gasteiger partial charge in [0, 0.05) is 6.04 Å². The van der Waals surface area contributed by atoms with Crippen molar-refractivity contribution >= 4 is 0 Å². The van der Waals surface area contributed by atoms with Crippen molar-refractivity contribution in [3.63, 3.8) is 0 Å². The smallest absolute Gasteiger partial charge is 0.00789 e. The van der Waals surface area contributed by atoms with E-state index in [1.165, 1.54) is 38.9 Å². The summed E-state index contributed by atoms with van der Waals surface area (Å²) in [4.78, 5) is 5.00. The Morgan fingerprint density at radius 1 is 1.00 bits per heavy atom. The molecule has 0 rings (SSSR count). The second-order valence-electron chi connectivity index (χ2n) is 4.52. The van der Waals surface area contributed by atoms with Crippen molar-refractivity contribution in [3.8, 4) is 0 Å². The van der Waals surface area contributed by atoms with Crippen molar-refractivity contribution in [3.05, 3.63) is 0 Å². The van der Waals surface area contributed by atoms with Crippen LogP contribution in [0.1, 0.15) is 47.0 Å². The molecule has 0 saturated heterocycles. The lowest BCUT2D eigenvalue weighted by atomic mass is 10.1. The first kappa shape index (κ1) is 14.9. The van der Waals surface area contributed by atoms with Gasteiger partial charge in [0.1, 0.15) is 0 Å². The van der Waals surface area contributed by atoms with Gasteiger partial charge in [0.05, 0.1) is 0 Å². The summed E-state index contributed by atoms with van der Waals surface area (Å²) in [6.45, 7) is 14.0. The number of unbranched alkanes of at least 4 members (excludes halogenated alkanes) is 1.